The molecule has 130 valence electrons. The molecule has 1 aliphatic rings. The topological polar surface area (TPSA) is 40.6 Å². The van der Waals surface area contributed by atoms with E-state index in [2.05, 4.69) is 6.58 Å². The average Bonchev–Trinajstić information content (AvgIpc) is 3.14. The van der Waals surface area contributed by atoms with Gasteiger partial charge in [0.05, 0.1) is 6.54 Å². The van der Waals surface area contributed by atoms with Crippen LogP contribution in [0, 0.1) is 0 Å². The highest BCUT2D eigenvalue weighted by Gasteiger charge is 2.20. The van der Waals surface area contributed by atoms with Gasteiger partial charge in [0.1, 0.15) is 0 Å². The summed E-state index contributed by atoms with van der Waals surface area (Å²) in [6.07, 6.45) is 4.34. The van der Waals surface area contributed by atoms with Crippen LogP contribution < -0.4 is 4.90 Å². The quantitative estimate of drug-likeness (QED) is 0.733. The maximum atomic E-state index is 12.8. The summed E-state index contributed by atoms with van der Waals surface area (Å²) >= 11 is 1.64. The van der Waals surface area contributed by atoms with E-state index >= 15 is 0 Å². The second kappa shape index (κ2) is 8.12. The smallest absolute Gasteiger partial charge is 0.254 e. The number of rotatable bonds is 6. The van der Waals surface area contributed by atoms with Crippen LogP contribution in [-0.4, -0.2) is 29.8 Å². The van der Waals surface area contributed by atoms with Crippen molar-refractivity contribution in [1.82, 2.24) is 4.90 Å². The molecule has 2 amide bonds. The lowest BCUT2D eigenvalue weighted by molar-refractivity contribution is -0.119. The first-order valence-corrected chi connectivity index (χ1v) is 9.40. The van der Waals surface area contributed by atoms with Gasteiger partial charge in [0.15, 0.2) is 0 Å². The normalized spacial score (nSPS) is 14.4. The van der Waals surface area contributed by atoms with Gasteiger partial charge >= 0.3 is 0 Å². The third kappa shape index (κ3) is 4.17. The molecule has 1 saturated heterocycles. The highest BCUT2D eigenvalue weighted by molar-refractivity contribution is 7.09. The van der Waals surface area contributed by atoms with Crippen molar-refractivity contribution in [2.45, 2.75) is 25.8 Å². The first-order chi connectivity index (χ1) is 12.2. The zero-order valence-electron chi connectivity index (χ0n) is 14.2. The zero-order valence-corrected chi connectivity index (χ0v) is 15.0. The standard InChI is InChI=1S/C20H22N2O2S/c1-2-12-21(15-18-6-5-14-25-18)20(24)16-8-10-17(11-9-16)22-13-4-3-7-19(22)23/h2,5-6,8-11,14H,1,3-4,7,12-13,15H2. The third-order valence-corrected chi connectivity index (χ3v) is 5.17. The summed E-state index contributed by atoms with van der Waals surface area (Å²) < 4.78 is 0. The molecule has 0 radical (unpaired) electrons. The van der Waals surface area contributed by atoms with Crippen molar-refractivity contribution in [1.29, 1.82) is 0 Å². The van der Waals surface area contributed by atoms with Gasteiger partial charge in [0.25, 0.3) is 5.91 Å². The molecular weight excluding hydrogens is 332 g/mol. The summed E-state index contributed by atoms with van der Waals surface area (Å²) in [4.78, 5) is 29.6. The SMILES string of the molecule is C=CCN(Cc1cccs1)C(=O)c1ccc(N2CCCCC2=O)cc1. The van der Waals surface area contributed by atoms with Crippen molar-refractivity contribution in [3.8, 4) is 0 Å². The van der Waals surface area contributed by atoms with Crippen molar-refractivity contribution in [3.05, 3.63) is 64.9 Å². The Morgan fingerprint density at radius 1 is 1.24 bits per heavy atom. The molecule has 25 heavy (non-hydrogen) atoms. The summed E-state index contributed by atoms with van der Waals surface area (Å²) in [7, 11) is 0. The number of hydrogen-bond acceptors (Lipinski definition) is 3. The van der Waals surface area contributed by atoms with E-state index < -0.39 is 0 Å². The number of amides is 2. The Balaban J connectivity index is 1.74. The lowest BCUT2D eigenvalue weighted by Crippen LogP contribution is -2.35. The van der Waals surface area contributed by atoms with Gasteiger partial charge in [0, 0.05) is 35.6 Å². The number of thiophene rings is 1. The van der Waals surface area contributed by atoms with Crippen LogP contribution in [0.2, 0.25) is 0 Å². The molecule has 0 unspecified atom stereocenters. The molecule has 1 aliphatic heterocycles. The Morgan fingerprint density at radius 3 is 2.68 bits per heavy atom. The van der Waals surface area contributed by atoms with Crippen molar-refractivity contribution in [3.63, 3.8) is 0 Å². The second-order valence-corrected chi connectivity index (χ2v) is 7.14. The van der Waals surface area contributed by atoms with Crippen LogP contribution >= 0.6 is 11.3 Å². The van der Waals surface area contributed by atoms with Gasteiger partial charge in [-0.05, 0) is 48.6 Å². The second-order valence-electron chi connectivity index (χ2n) is 6.10. The monoisotopic (exact) mass is 354 g/mol. The van der Waals surface area contributed by atoms with Gasteiger partial charge in [-0.15, -0.1) is 17.9 Å². The van der Waals surface area contributed by atoms with E-state index in [-0.39, 0.29) is 11.8 Å². The number of benzene rings is 1. The lowest BCUT2D eigenvalue weighted by atomic mass is 10.1. The Labute approximate surface area is 152 Å². The van der Waals surface area contributed by atoms with Crippen LogP contribution in [0.1, 0.15) is 34.5 Å². The first kappa shape index (κ1) is 17.4. The molecule has 0 atom stereocenters. The highest BCUT2D eigenvalue weighted by Crippen LogP contribution is 2.22. The molecular formula is C20H22N2O2S. The Kier molecular flexibility index (Phi) is 5.66. The molecule has 0 N–H and O–H groups in total. The fourth-order valence-corrected chi connectivity index (χ4v) is 3.73. The van der Waals surface area contributed by atoms with Gasteiger partial charge in [-0.2, -0.15) is 0 Å². The van der Waals surface area contributed by atoms with E-state index in [1.807, 2.05) is 46.7 Å². The minimum Gasteiger partial charge on any atom is -0.330 e. The maximum absolute atomic E-state index is 12.8. The van der Waals surface area contributed by atoms with Crippen molar-refractivity contribution < 1.29 is 9.59 Å². The summed E-state index contributed by atoms with van der Waals surface area (Å²) in [5.41, 5.74) is 1.50. The van der Waals surface area contributed by atoms with Crippen molar-refractivity contribution in [2.75, 3.05) is 18.0 Å². The van der Waals surface area contributed by atoms with E-state index in [4.69, 9.17) is 0 Å². The number of carbonyl (C=O) groups is 2. The van der Waals surface area contributed by atoms with E-state index in [1.54, 1.807) is 22.3 Å². The fraction of sp³-hybridized carbons (Fsp3) is 0.300. The minimum absolute atomic E-state index is 0.0233. The van der Waals surface area contributed by atoms with Crippen LogP contribution in [-0.2, 0) is 11.3 Å². The number of anilines is 1. The van der Waals surface area contributed by atoms with Gasteiger partial charge < -0.3 is 9.80 Å². The Morgan fingerprint density at radius 2 is 2.04 bits per heavy atom. The number of carbonyl (C=O) groups excluding carboxylic acids is 2. The predicted molar refractivity (Wildman–Crippen MR) is 102 cm³/mol. The molecule has 3 rings (SSSR count). The van der Waals surface area contributed by atoms with Crippen LogP contribution in [0.15, 0.2) is 54.4 Å². The molecule has 2 aromatic rings. The largest absolute Gasteiger partial charge is 0.330 e. The van der Waals surface area contributed by atoms with E-state index in [0.29, 0.717) is 25.1 Å². The van der Waals surface area contributed by atoms with Gasteiger partial charge in [-0.25, -0.2) is 0 Å². The molecule has 1 fully saturated rings. The zero-order chi connectivity index (χ0) is 17.6. The molecule has 0 aliphatic carbocycles. The van der Waals surface area contributed by atoms with Crippen LogP contribution in [0.25, 0.3) is 0 Å². The van der Waals surface area contributed by atoms with Gasteiger partial charge in [0.2, 0.25) is 5.91 Å². The molecule has 0 saturated carbocycles. The fourth-order valence-electron chi connectivity index (χ4n) is 3.01. The van der Waals surface area contributed by atoms with E-state index in [9.17, 15) is 9.59 Å². The Hall–Kier alpha value is -2.40. The van der Waals surface area contributed by atoms with Crippen LogP contribution in [0.4, 0.5) is 5.69 Å². The summed E-state index contributed by atoms with van der Waals surface area (Å²) in [5.74, 6) is 0.140. The maximum Gasteiger partial charge on any atom is 0.254 e. The molecule has 0 bridgehead atoms. The van der Waals surface area contributed by atoms with E-state index in [0.717, 1.165) is 30.0 Å². The molecule has 4 nitrogen and oxygen atoms in total. The number of hydrogen-bond donors (Lipinski definition) is 0. The van der Waals surface area contributed by atoms with Gasteiger partial charge in [-0.1, -0.05) is 12.1 Å². The molecule has 1 aromatic carbocycles. The first-order valence-electron chi connectivity index (χ1n) is 8.52. The van der Waals surface area contributed by atoms with Crippen molar-refractivity contribution >= 4 is 28.8 Å². The summed E-state index contributed by atoms with van der Waals surface area (Å²) in [5, 5.41) is 2.01. The minimum atomic E-state index is -0.0233. The van der Waals surface area contributed by atoms with Gasteiger partial charge in [-0.3, -0.25) is 9.59 Å². The lowest BCUT2D eigenvalue weighted by Gasteiger charge is -2.27. The van der Waals surface area contributed by atoms with E-state index in [1.165, 1.54) is 0 Å². The Bertz CT molecular complexity index is 738. The summed E-state index contributed by atoms with van der Waals surface area (Å²) in [6.45, 7) is 5.59. The van der Waals surface area contributed by atoms with Crippen LogP contribution in [0.5, 0.6) is 0 Å². The number of nitrogens with zero attached hydrogens (tertiary/aromatic N) is 2. The highest BCUT2D eigenvalue weighted by atomic mass is 32.1. The molecule has 1 aromatic heterocycles. The molecule has 2 heterocycles. The van der Waals surface area contributed by atoms with Crippen molar-refractivity contribution in [2.24, 2.45) is 0 Å². The summed E-state index contributed by atoms with van der Waals surface area (Å²) in [6, 6.07) is 11.4. The third-order valence-electron chi connectivity index (χ3n) is 4.31. The average molecular weight is 354 g/mol. The van der Waals surface area contributed by atoms with Crippen LogP contribution in [0.3, 0.4) is 0 Å². The molecule has 5 heteroatoms. The molecule has 0 spiro atoms. The predicted octanol–water partition coefficient (Wildman–Crippen LogP) is 4.09. The number of piperidine rings is 1.